The highest BCUT2D eigenvalue weighted by Gasteiger charge is 2.29. The van der Waals surface area contributed by atoms with E-state index in [2.05, 4.69) is 22.8 Å². The molecule has 0 spiro atoms. The molecule has 0 fully saturated rings. The zero-order chi connectivity index (χ0) is 23.4. The topological polar surface area (TPSA) is 108 Å². The monoisotopic (exact) mass is 466 g/mol. The number of aromatic carboxylic acids is 1. The van der Waals surface area contributed by atoms with E-state index in [4.69, 9.17) is 16.3 Å². The fourth-order valence-electron chi connectivity index (χ4n) is 3.96. The first-order valence-electron chi connectivity index (χ1n) is 10.4. The lowest BCUT2D eigenvalue weighted by Gasteiger charge is -2.17. The molecule has 0 bridgehead atoms. The van der Waals surface area contributed by atoms with E-state index in [0.717, 1.165) is 22.3 Å². The van der Waals surface area contributed by atoms with Crippen molar-refractivity contribution in [2.75, 3.05) is 29.7 Å². The Morgan fingerprint density at radius 3 is 2.21 bits per heavy atom. The van der Waals surface area contributed by atoms with Crippen LogP contribution in [0.4, 0.5) is 16.2 Å². The average Bonchev–Trinajstić information content (AvgIpc) is 3.15. The third kappa shape index (κ3) is 4.94. The summed E-state index contributed by atoms with van der Waals surface area (Å²) >= 11 is 5.63. The minimum absolute atomic E-state index is 0.00684. The molecular weight excluding hydrogens is 444 g/mol. The number of benzene rings is 3. The van der Waals surface area contributed by atoms with Crippen LogP contribution in [0.2, 0.25) is 0 Å². The molecule has 7 nitrogen and oxygen atoms in total. The highest BCUT2D eigenvalue weighted by molar-refractivity contribution is 6.18. The van der Waals surface area contributed by atoms with Gasteiger partial charge in [0.2, 0.25) is 0 Å². The number of carbonyl (C=O) groups is 2. The minimum Gasteiger partial charge on any atom is -0.478 e. The van der Waals surface area contributed by atoms with Crippen LogP contribution < -0.4 is 10.6 Å². The molecule has 3 aromatic carbocycles. The van der Waals surface area contributed by atoms with Gasteiger partial charge >= 0.3 is 12.1 Å². The quantitative estimate of drug-likeness (QED) is 0.356. The van der Waals surface area contributed by atoms with Crippen molar-refractivity contribution >= 4 is 35.0 Å². The second kappa shape index (κ2) is 9.94. The molecule has 0 saturated heterocycles. The summed E-state index contributed by atoms with van der Waals surface area (Å²) in [5.74, 6) is -1.18. The Labute approximate surface area is 196 Å². The molecule has 0 saturated carbocycles. The van der Waals surface area contributed by atoms with E-state index >= 15 is 0 Å². The molecule has 1 amide bonds. The van der Waals surface area contributed by atoms with Crippen molar-refractivity contribution in [3.05, 3.63) is 83.4 Å². The molecule has 8 heteroatoms. The highest BCUT2D eigenvalue weighted by atomic mass is 35.5. The number of carboxylic acid groups (broad SMARTS) is 1. The van der Waals surface area contributed by atoms with Crippen molar-refractivity contribution in [1.82, 2.24) is 0 Å². The molecule has 0 aliphatic heterocycles. The van der Waals surface area contributed by atoms with Gasteiger partial charge in [0.25, 0.3) is 0 Å². The van der Waals surface area contributed by atoms with Crippen molar-refractivity contribution in [2.24, 2.45) is 0 Å². The zero-order valence-corrected chi connectivity index (χ0v) is 18.4. The van der Waals surface area contributed by atoms with Gasteiger partial charge in [-0.15, -0.1) is 11.6 Å². The van der Waals surface area contributed by atoms with E-state index in [1.165, 1.54) is 18.2 Å². The van der Waals surface area contributed by atoms with Gasteiger partial charge in [0.1, 0.15) is 6.61 Å². The lowest BCUT2D eigenvalue weighted by molar-refractivity contribution is 0.0696. The average molecular weight is 467 g/mol. The Kier molecular flexibility index (Phi) is 6.82. The first-order chi connectivity index (χ1) is 16.0. The number of halogens is 1. The predicted octanol–water partition coefficient (Wildman–Crippen LogP) is 4.76. The van der Waals surface area contributed by atoms with Gasteiger partial charge in [-0.1, -0.05) is 48.5 Å². The molecule has 0 heterocycles. The molecule has 170 valence electrons. The van der Waals surface area contributed by atoms with E-state index in [9.17, 15) is 19.8 Å². The summed E-state index contributed by atoms with van der Waals surface area (Å²) in [6.07, 6.45) is -1.51. The van der Waals surface area contributed by atoms with Crippen LogP contribution in [0.5, 0.6) is 0 Å². The van der Waals surface area contributed by atoms with Crippen LogP contribution in [0.25, 0.3) is 11.1 Å². The summed E-state index contributed by atoms with van der Waals surface area (Å²) in [5.41, 5.74) is 5.12. The van der Waals surface area contributed by atoms with E-state index in [-0.39, 0.29) is 36.2 Å². The van der Waals surface area contributed by atoms with E-state index in [0.29, 0.717) is 5.69 Å². The van der Waals surface area contributed by atoms with Crippen LogP contribution >= 0.6 is 11.6 Å². The van der Waals surface area contributed by atoms with Crippen molar-refractivity contribution in [3.8, 4) is 11.1 Å². The fourth-order valence-corrected chi connectivity index (χ4v) is 4.07. The number of hydrogen-bond donors (Lipinski definition) is 4. The summed E-state index contributed by atoms with van der Waals surface area (Å²) in [7, 11) is 0. The number of anilines is 2. The molecule has 1 atom stereocenters. The van der Waals surface area contributed by atoms with Crippen LogP contribution in [-0.2, 0) is 4.74 Å². The van der Waals surface area contributed by atoms with Gasteiger partial charge in [0, 0.05) is 12.5 Å². The van der Waals surface area contributed by atoms with Crippen LogP contribution in [0, 0.1) is 0 Å². The van der Waals surface area contributed by atoms with E-state index in [1.807, 2.05) is 36.4 Å². The molecule has 0 aromatic heterocycles. The van der Waals surface area contributed by atoms with Crippen molar-refractivity contribution in [1.29, 1.82) is 0 Å². The number of carbonyl (C=O) groups excluding carboxylic acids is 1. The summed E-state index contributed by atoms with van der Waals surface area (Å²) in [6, 6.07) is 20.3. The van der Waals surface area contributed by atoms with Crippen molar-refractivity contribution in [2.45, 2.75) is 12.0 Å². The molecule has 3 aromatic rings. The van der Waals surface area contributed by atoms with E-state index in [1.54, 1.807) is 0 Å². The smallest absolute Gasteiger partial charge is 0.411 e. The Morgan fingerprint density at radius 1 is 0.970 bits per heavy atom. The number of aliphatic hydroxyl groups is 1. The Morgan fingerprint density at radius 2 is 1.61 bits per heavy atom. The number of ether oxygens (including phenoxy) is 1. The lowest BCUT2D eigenvalue weighted by atomic mass is 9.98. The third-order valence-corrected chi connectivity index (χ3v) is 5.91. The largest absolute Gasteiger partial charge is 0.478 e. The SMILES string of the molecule is O=C(Nc1cc(C(=O)O)ccc1NCC(O)CCl)OCC1c2ccccc2-c2ccccc21. The van der Waals surface area contributed by atoms with Gasteiger partial charge in [0.15, 0.2) is 0 Å². The van der Waals surface area contributed by atoms with Crippen LogP contribution in [0.1, 0.15) is 27.4 Å². The maximum absolute atomic E-state index is 12.6. The standard InChI is InChI=1S/C25H23ClN2O5/c26-12-16(29)13-27-22-10-9-15(24(30)31)11-23(22)28-25(32)33-14-21-19-7-3-1-5-17(19)18-6-2-4-8-20(18)21/h1-11,16,21,27,29H,12-14H2,(H,28,32)(H,30,31). The second-order valence-corrected chi connectivity index (χ2v) is 8.01. The van der Waals surface area contributed by atoms with Gasteiger partial charge in [-0.25, -0.2) is 9.59 Å². The van der Waals surface area contributed by atoms with Crippen LogP contribution in [-0.4, -0.2) is 47.4 Å². The van der Waals surface area contributed by atoms with Crippen molar-refractivity contribution in [3.63, 3.8) is 0 Å². The molecule has 1 aliphatic carbocycles. The number of alkyl halides is 1. The summed E-state index contributed by atoms with van der Waals surface area (Å²) < 4.78 is 5.55. The van der Waals surface area contributed by atoms with Gasteiger partial charge < -0.3 is 20.3 Å². The number of rotatable bonds is 8. The zero-order valence-electron chi connectivity index (χ0n) is 17.6. The lowest BCUT2D eigenvalue weighted by Crippen LogP contribution is -2.23. The molecule has 0 radical (unpaired) electrons. The number of amides is 1. The van der Waals surface area contributed by atoms with E-state index < -0.39 is 18.2 Å². The van der Waals surface area contributed by atoms with Crippen molar-refractivity contribution < 1.29 is 24.5 Å². The summed E-state index contributed by atoms with van der Waals surface area (Å²) in [5, 5.41) is 24.6. The summed E-state index contributed by atoms with van der Waals surface area (Å²) in [4.78, 5) is 24.0. The third-order valence-electron chi connectivity index (χ3n) is 5.55. The van der Waals surface area contributed by atoms with Gasteiger partial charge in [-0.05, 0) is 40.5 Å². The number of nitrogens with one attached hydrogen (secondary N) is 2. The number of aliphatic hydroxyl groups excluding tert-OH is 1. The first-order valence-corrected chi connectivity index (χ1v) is 11.0. The number of fused-ring (bicyclic) bond motifs is 3. The Bertz CT molecular complexity index is 1140. The maximum atomic E-state index is 12.6. The first kappa shape index (κ1) is 22.6. The fraction of sp³-hybridized carbons (Fsp3) is 0.200. The molecule has 4 rings (SSSR count). The Balaban J connectivity index is 1.49. The van der Waals surface area contributed by atoms with Gasteiger partial charge in [-0.2, -0.15) is 0 Å². The van der Waals surface area contributed by atoms with Crippen LogP contribution in [0.3, 0.4) is 0 Å². The molecule has 1 aliphatic rings. The minimum atomic E-state index is -1.13. The predicted molar refractivity (Wildman–Crippen MR) is 127 cm³/mol. The molecule has 4 N–H and O–H groups in total. The molecule has 1 unspecified atom stereocenters. The normalized spacial score (nSPS) is 13.0. The molecular formula is C25H23ClN2O5. The van der Waals surface area contributed by atoms with Crippen LogP contribution in [0.15, 0.2) is 66.7 Å². The maximum Gasteiger partial charge on any atom is 0.411 e. The molecule has 33 heavy (non-hydrogen) atoms. The number of carboxylic acids is 1. The Hall–Kier alpha value is -3.55. The second-order valence-electron chi connectivity index (χ2n) is 7.71. The highest BCUT2D eigenvalue weighted by Crippen LogP contribution is 2.44. The van der Waals surface area contributed by atoms with Gasteiger partial charge in [-0.3, -0.25) is 5.32 Å². The summed E-state index contributed by atoms with van der Waals surface area (Å²) in [6.45, 7) is 0.265. The number of hydrogen-bond acceptors (Lipinski definition) is 5. The van der Waals surface area contributed by atoms with Gasteiger partial charge in [0.05, 0.1) is 28.9 Å².